The van der Waals surface area contributed by atoms with Crippen LogP contribution in [0.4, 0.5) is 9.59 Å². The van der Waals surface area contributed by atoms with Gasteiger partial charge in [-0.05, 0) is 68.9 Å². The Balaban J connectivity index is 1.20. The number of nitrogens with one attached hydrogen (secondary N) is 2. The van der Waals surface area contributed by atoms with E-state index in [0.717, 1.165) is 50.5 Å². The third-order valence-corrected chi connectivity index (χ3v) is 10.2. The highest BCUT2D eigenvalue weighted by molar-refractivity contribution is 5.97. The molecule has 0 bridgehead atoms. The van der Waals surface area contributed by atoms with Gasteiger partial charge in [0.25, 0.3) is 0 Å². The lowest BCUT2D eigenvalue weighted by Gasteiger charge is -2.30. The molecule has 3 heterocycles. The molecule has 12 nitrogen and oxygen atoms in total. The summed E-state index contributed by atoms with van der Waals surface area (Å²) in [7, 11) is 0. The number of carbonyl (C=O) groups is 5. The number of amides is 5. The number of hydrogen-bond donors (Lipinski definition) is 3. The van der Waals surface area contributed by atoms with Crippen molar-refractivity contribution in [2.45, 2.75) is 113 Å². The fourth-order valence-electron chi connectivity index (χ4n) is 7.39. The van der Waals surface area contributed by atoms with Crippen molar-refractivity contribution < 1.29 is 33.4 Å². The first-order valence-electron chi connectivity index (χ1n) is 16.8. The predicted molar refractivity (Wildman–Crippen MR) is 167 cm³/mol. The van der Waals surface area contributed by atoms with E-state index < -0.39 is 53.6 Å². The second-order valence-electron chi connectivity index (χ2n) is 13.4. The Hall–Kier alpha value is -4.09. The zero-order chi connectivity index (χ0) is 32.3. The second kappa shape index (κ2) is 13.7. The topological polar surface area (TPSA) is 160 Å². The maximum Gasteiger partial charge on any atom is 0.410 e. The van der Waals surface area contributed by atoms with Gasteiger partial charge in [-0.2, -0.15) is 0 Å². The standard InChI is InChI=1S/C34H45N5O7/c35-31(42)34-19-24(34)12-4-2-1-3-5-15-27(36-32(43)45-25-13-8-9-14-25)30(41)39-21-26(18-28(39)29(40)37-34)46-33(44)38-17-16-22-10-6-7-11-23(22)20-38/h4,6-7,10-12,24-28H,1-3,5,8-9,13-21H2,(H2,35,42)(H,36,43)(H,37,40)/b12-4-/t24-,26+,27-,28-,34+/m0/s1. The molecule has 5 atom stereocenters. The number of hydrogen-bond acceptors (Lipinski definition) is 7. The number of alkyl carbamates (subject to hydrolysis) is 1. The van der Waals surface area contributed by atoms with Gasteiger partial charge in [-0.25, -0.2) is 9.59 Å². The van der Waals surface area contributed by atoms with Gasteiger partial charge in [-0.1, -0.05) is 49.3 Å². The Kier molecular flexibility index (Phi) is 9.51. The van der Waals surface area contributed by atoms with Crippen LogP contribution in [0.2, 0.25) is 0 Å². The zero-order valence-corrected chi connectivity index (χ0v) is 26.3. The van der Waals surface area contributed by atoms with Crippen LogP contribution in [0, 0.1) is 5.92 Å². The molecule has 0 aromatic heterocycles. The maximum absolute atomic E-state index is 14.2. The van der Waals surface area contributed by atoms with Crippen LogP contribution in [0.5, 0.6) is 0 Å². The largest absolute Gasteiger partial charge is 0.446 e. The first-order chi connectivity index (χ1) is 22.2. The van der Waals surface area contributed by atoms with Gasteiger partial charge in [-0.15, -0.1) is 0 Å². The number of allylic oxidation sites excluding steroid dienone is 1. The molecule has 5 aliphatic rings. The fourth-order valence-corrected chi connectivity index (χ4v) is 7.39. The van der Waals surface area contributed by atoms with Gasteiger partial charge in [0.15, 0.2) is 0 Å². The van der Waals surface area contributed by atoms with E-state index in [4.69, 9.17) is 15.2 Å². The van der Waals surface area contributed by atoms with Gasteiger partial charge in [-0.3, -0.25) is 14.4 Å². The Morgan fingerprint density at radius 2 is 1.72 bits per heavy atom. The van der Waals surface area contributed by atoms with Crippen LogP contribution < -0.4 is 16.4 Å². The highest BCUT2D eigenvalue weighted by Gasteiger charge is 2.60. The van der Waals surface area contributed by atoms with Crippen molar-refractivity contribution in [3.8, 4) is 0 Å². The minimum Gasteiger partial charge on any atom is -0.446 e. The van der Waals surface area contributed by atoms with Crippen molar-refractivity contribution in [1.82, 2.24) is 20.4 Å². The average molecular weight is 636 g/mol. The van der Waals surface area contributed by atoms with Crippen LogP contribution in [0.15, 0.2) is 36.4 Å². The summed E-state index contributed by atoms with van der Waals surface area (Å²) in [4.78, 5) is 69.8. The Morgan fingerprint density at radius 3 is 2.50 bits per heavy atom. The van der Waals surface area contributed by atoms with Gasteiger partial charge in [0, 0.05) is 25.4 Å². The lowest BCUT2D eigenvalue weighted by Crippen LogP contribution is -2.57. The normalized spacial score (nSPS) is 30.9. The van der Waals surface area contributed by atoms with E-state index in [9.17, 15) is 24.0 Å². The summed E-state index contributed by atoms with van der Waals surface area (Å²) in [6.45, 7) is 0.898. The lowest BCUT2D eigenvalue weighted by molar-refractivity contribution is -0.141. The van der Waals surface area contributed by atoms with Crippen LogP contribution in [-0.2, 0) is 36.8 Å². The molecule has 3 fully saturated rings. The molecule has 46 heavy (non-hydrogen) atoms. The van der Waals surface area contributed by atoms with Crippen LogP contribution in [0.1, 0.15) is 81.8 Å². The Labute approximate surface area is 269 Å². The minimum atomic E-state index is -1.22. The third-order valence-electron chi connectivity index (χ3n) is 10.2. The minimum absolute atomic E-state index is 0.0180. The summed E-state index contributed by atoms with van der Waals surface area (Å²) in [5.41, 5.74) is 6.81. The van der Waals surface area contributed by atoms with Crippen LogP contribution >= 0.6 is 0 Å². The van der Waals surface area contributed by atoms with Crippen molar-refractivity contribution in [2.24, 2.45) is 11.7 Å². The number of primary amides is 1. The number of rotatable bonds is 4. The van der Waals surface area contributed by atoms with E-state index >= 15 is 0 Å². The first kappa shape index (κ1) is 31.9. The maximum atomic E-state index is 14.2. The molecule has 2 aliphatic carbocycles. The average Bonchev–Trinajstić information content (AvgIpc) is 3.32. The monoisotopic (exact) mass is 635 g/mol. The second-order valence-corrected chi connectivity index (χ2v) is 13.4. The van der Waals surface area contributed by atoms with E-state index in [1.807, 2.05) is 30.4 Å². The third kappa shape index (κ3) is 7.00. The molecule has 1 aromatic carbocycles. The van der Waals surface area contributed by atoms with E-state index in [2.05, 4.69) is 16.7 Å². The molecule has 0 unspecified atom stereocenters. The highest BCUT2D eigenvalue weighted by atomic mass is 16.6. The summed E-state index contributed by atoms with van der Waals surface area (Å²) in [5, 5.41) is 5.65. The summed E-state index contributed by atoms with van der Waals surface area (Å²) >= 11 is 0. The molecule has 4 N–H and O–H groups in total. The molecule has 5 amide bonds. The predicted octanol–water partition coefficient (Wildman–Crippen LogP) is 3.07. The molecule has 248 valence electrons. The van der Waals surface area contributed by atoms with Crippen LogP contribution in [0.25, 0.3) is 0 Å². The number of ether oxygens (including phenoxy) is 2. The summed E-state index contributed by atoms with van der Waals surface area (Å²) < 4.78 is 11.5. The smallest absolute Gasteiger partial charge is 0.410 e. The quantitative estimate of drug-likeness (QED) is 0.429. The van der Waals surface area contributed by atoms with E-state index in [1.165, 1.54) is 10.5 Å². The van der Waals surface area contributed by atoms with Gasteiger partial charge in [0.1, 0.15) is 29.8 Å². The number of benzene rings is 1. The van der Waals surface area contributed by atoms with Crippen molar-refractivity contribution in [2.75, 3.05) is 13.1 Å². The van der Waals surface area contributed by atoms with Crippen molar-refractivity contribution >= 4 is 29.9 Å². The van der Waals surface area contributed by atoms with E-state index in [0.29, 0.717) is 38.8 Å². The number of carbonyl (C=O) groups excluding carboxylic acids is 5. The molecular weight excluding hydrogens is 590 g/mol. The Bertz CT molecular complexity index is 1380. The summed E-state index contributed by atoms with van der Waals surface area (Å²) in [6, 6.07) is 6.02. The lowest BCUT2D eigenvalue weighted by atomic mass is 10.0. The number of nitrogens with two attached hydrogens (primary N) is 1. The Morgan fingerprint density at radius 1 is 0.957 bits per heavy atom. The zero-order valence-electron chi connectivity index (χ0n) is 26.3. The summed E-state index contributed by atoms with van der Waals surface area (Å²) in [6.07, 6.45) is 10.2. The first-order valence-corrected chi connectivity index (χ1v) is 16.8. The molecule has 0 spiro atoms. The van der Waals surface area contributed by atoms with Gasteiger partial charge >= 0.3 is 12.2 Å². The molecule has 2 saturated carbocycles. The molecular formula is C34H45N5O7. The van der Waals surface area contributed by atoms with Gasteiger partial charge < -0.3 is 35.6 Å². The highest BCUT2D eigenvalue weighted by Crippen LogP contribution is 2.45. The van der Waals surface area contributed by atoms with Gasteiger partial charge in [0.2, 0.25) is 17.7 Å². The fraction of sp³-hybridized carbons (Fsp3) is 0.618. The molecule has 1 aromatic rings. The van der Waals surface area contributed by atoms with Crippen molar-refractivity contribution in [1.29, 1.82) is 0 Å². The molecule has 1 saturated heterocycles. The van der Waals surface area contributed by atoms with E-state index in [-0.39, 0.29) is 25.0 Å². The van der Waals surface area contributed by atoms with Crippen LogP contribution in [0.3, 0.4) is 0 Å². The molecule has 3 aliphatic heterocycles. The van der Waals surface area contributed by atoms with Gasteiger partial charge in [0.05, 0.1) is 6.54 Å². The van der Waals surface area contributed by atoms with Crippen LogP contribution in [-0.4, -0.2) is 82.6 Å². The molecule has 6 rings (SSSR count). The van der Waals surface area contributed by atoms with Crippen molar-refractivity contribution in [3.63, 3.8) is 0 Å². The molecule has 0 radical (unpaired) electrons. The SMILES string of the molecule is NC(=O)[C@@]12C[C@@H]1/C=C\CCCCC[C@H](NC(=O)OC1CCCC1)C(=O)N1C[C@H](OC(=O)N3CCc4ccccc4C3)C[C@H]1C(=O)N2. The van der Waals surface area contributed by atoms with Crippen molar-refractivity contribution in [3.05, 3.63) is 47.5 Å². The van der Waals surface area contributed by atoms with E-state index in [1.54, 1.807) is 4.90 Å². The molecule has 12 heteroatoms. The summed E-state index contributed by atoms with van der Waals surface area (Å²) in [5.74, 6) is -1.82. The number of nitrogens with zero attached hydrogens (tertiary/aromatic N) is 2. The number of fused-ring (bicyclic) bond motifs is 3.